The SMILES string of the molecule is O=Nc1ccc(C(=O)[O-])c(O)c1N=O.[Na+]. The van der Waals surface area contributed by atoms with E-state index in [2.05, 4.69) is 10.4 Å². The maximum absolute atomic E-state index is 10.4. The molecule has 0 fully saturated rings. The zero-order chi connectivity index (χ0) is 10.7. The number of hydrogen-bond acceptors (Lipinski definition) is 7. The Balaban J connectivity index is 0.00000196. The van der Waals surface area contributed by atoms with Crippen LogP contribution in [-0.2, 0) is 0 Å². The third kappa shape index (κ3) is 2.58. The van der Waals surface area contributed by atoms with Gasteiger partial charge in [0.15, 0.2) is 11.4 Å². The summed E-state index contributed by atoms with van der Waals surface area (Å²) >= 11 is 0. The van der Waals surface area contributed by atoms with Gasteiger partial charge < -0.3 is 15.0 Å². The van der Waals surface area contributed by atoms with Crippen LogP contribution in [0.1, 0.15) is 10.4 Å². The molecule has 0 radical (unpaired) electrons. The molecule has 15 heavy (non-hydrogen) atoms. The Bertz CT molecular complexity index is 420. The van der Waals surface area contributed by atoms with Crippen LogP contribution in [0.2, 0.25) is 0 Å². The first-order valence-corrected chi connectivity index (χ1v) is 3.35. The molecular weight excluding hydrogens is 215 g/mol. The van der Waals surface area contributed by atoms with E-state index in [1.54, 1.807) is 0 Å². The number of carbonyl (C=O) groups excluding carboxylic acids is 1. The van der Waals surface area contributed by atoms with Crippen molar-refractivity contribution in [3.05, 3.63) is 27.5 Å². The standard InChI is InChI=1S/C7H4N2O5.Na/c10-6-3(7(11)12)1-2-4(8-13)5(6)9-14;/h1-2,10H,(H,11,12);/q;+1/p-1. The third-order valence-corrected chi connectivity index (χ3v) is 1.54. The molecular formula is C7H3N2NaO5. The number of rotatable bonds is 3. The first-order chi connectivity index (χ1) is 6.61. The molecule has 7 nitrogen and oxygen atoms in total. The predicted octanol–water partition coefficient (Wildman–Crippen LogP) is -2.44. The van der Waals surface area contributed by atoms with Gasteiger partial charge >= 0.3 is 29.6 Å². The van der Waals surface area contributed by atoms with Crippen LogP contribution in [0.3, 0.4) is 0 Å². The first kappa shape index (κ1) is 13.7. The minimum Gasteiger partial charge on any atom is -0.545 e. The van der Waals surface area contributed by atoms with E-state index in [-0.39, 0.29) is 29.6 Å². The maximum Gasteiger partial charge on any atom is 1.00 e. The molecule has 0 heterocycles. The van der Waals surface area contributed by atoms with Crippen LogP contribution in [0.15, 0.2) is 22.5 Å². The van der Waals surface area contributed by atoms with Crippen molar-refractivity contribution < 1.29 is 44.6 Å². The topological polar surface area (TPSA) is 119 Å². The zero-order valence-corrected chi connectivity index (χ0v) is 9.63. The average Bonchev–Trinajstić information content (AvgIpc) is 2.16. The number of carboxylic acid groups (broad SMARTS) is 1. The number of nitroso groups, excluding NO2 is 2. The van der Waals surface area contributed by atoms with Gasteiger partial charge in [0.05, 0.1) is 5.97 Å². The Morgan fingerprint density at radius 1 is 1.27 bits per heavy atom. The average molecular weight is 218 g/mol. The minimum absolute atomic E-state index is 0. The van der Waals surface area contributed by atoms with Crippen LogP contribution in [0.4, 0.5) is 11.4 Å². The molecule has 0 atom stereocenters. The molecule has 0 bridgehead atoms. The van der Waals surface area contributed by atoms with E-state index in [1.807, 2.05) is 0 Å². The smallest absolute Gasteiger partial charge is 0.545 e. The summed E-state index contributed by atoms with van der Waals surface area (Å²) in [5, 5.41) is 24.2. The van der Waals surface area contributed by atoms with Crippen molar-refractivity contribution in [2.75, 3.05) is 0 Å². The fourth-order valence-corrected chi connectivity index (χ4v) is 0.897. The molecule has 72 valence electrons. The van der Waals surface area contributed by atoms with E-state index in [0.29, 0.717) is 0 Å². The second-order valence-corrected chi connectivity index (χ2v) is 2.30. The van der Waals surface area contributed by atoms with Crippen molar-refractivity contribution in [3.63, 3.8) is 0 Å². The van der Waals surface area contributed by atoms with Crippen LogP contribution in [0.25, 0.3) is 0 Å². The van der Waals surface area contributed by atoms with Crippen molar-refractivity contribution in [1.29, 1.82) is 0 Å². The zero-order valence-electron chi connectivity index (χ0n) is 7.63. The predicted molar refractivity (Wildman–Crippen MR) is 43.3 cm³/mol. The summed E-state index contributed by atoms with van der Waals surface area (Å²) in [6, 6.07) is 1.85. The summed E-state index contributed by atoms with van der Waals surface area (Å²) in [4.78, 5) is 30.6. The van der Waals surface area contributed by atoms with Gasteiger partial charge in [0.1, 0.15) is 5.69 Å². The van der Waals surface area contributed by atoms with Gasteiger partial charge in [-0.3, -0.25) is 0 Å². The Morgan fingerprint density at radius 3 is 2.27 bits per heavy atom. The number of hydrogen-bond donors (Lipinski definition) is 1. The molecule has 1 aromatic rings. The summed E-state index contributed by atoms with van der Waals surface area (Å²) in [6.45, 7) is 0. The summed E-state index contributed by atoms with van der Waals surface area (Å²) < 4.78 is 0. The maximum atomic E-state index is 10.4. The van der Waals surface area contributed by atoms with Gasteiger partial charge in [-0.15, -0.1) is 9.81 Å². The van der Waals surface area contributed by atoms with E-state index in [4.69, 9.17) is 5.11 Å². The van der Waals surface area contributed by atoms with Crippen molar-refractivity contribution in [2.24, 2.45) is 10.4 Å². The Labute approximate surface area is 105 Å². The van der Waals surface area contributed by atoms with Gasteiger partial charge in [-0.05, 0) is 22.5 Å². The second-order valence-electron chi connectivity index (χ2n) is 2.30. The molecule has 0 unspecified atom stereocenters. The van der Waals surface area contributed by atoms with Crippen LogP contribution in [-0.4, -0.2) is 11.1 Å². The molecule has 8 heteroatoms. The molecule has 1 aromatic carbocycles. The second kappa shape index (κ2) is 5.54. The number of carbonyl (C=O) groups is 1. The van der Waals surface area contributed by atoms with Crippen molar-refractivity contribution in [1.82, 2.24) is 0 Å². The van der Waals surface area contributed by atoms with Crippen LogP contribution < -0.4 is 34.7 Å². The fourth-order valence-electron chi connectivity index (χ4n) is 0.897. The molecule has 0 amide bonds. The van der Waals surface area contributed by atoms with Crippen LogP contribution >= 0.6 is 0 Å². The summed E-state index contributed by atoms with van der Waals surface area (Å²) in [6.07, 6.45) is 0. The Morgan fingerprint density at radius 2 is 1.87 bits per heavy atom. The van der Waals surface area contributed by atoms with Gasteiger partial charge in [-0.1, -0.05) is 0 Å². The van der Waals surface area contributed by atoms with Crippen molar-refractivity contribution in [3.8, 4) is 5.75 Å². The van der Waals surface area contributed by atoms with E-state index in [0.717, 1.165) is 12.1 Å². The number of aromatic hydroxyl groups is 1. The first-order valence-electron chi connectivity index (χ1n) is 3.35. The van der Waals surface area contributed by atoms with Gasteiger partial charge in [0.25, 0.3) is 0 Å². The molecule has 0 saturated carbocycles. The summed E-state index contributed by atoms with van der Waals surface area (Å²) in [5.41, 5.74) is -1.75. The monoisotopic (exact) mass is 218 g/mol. The van der Waals surface area contributed by atoms with E-state index in [9.17, 15) is 19.7 Å². The van der Waals surface area contributed by atoms with Crippen LogP contribution in [0.5, 0.6) is 5.75 Å². The molecule has 0 aliphatic rings. The summed E-state index contributed by atoms with van der Waals surface area (Å²) in [5.74, 6) is -2.60. The van der Waals surface area contributed by atoms with E-state index < -0.39 is 28.7 Å². The van der Waals surface area contributed by atoms with Gasteiger partial charge in [-0.2, -0.15) is 0 Å². The number of benzene rings is 1. The summed E-state index contributed by atoms with van der Waals surface area (Å²) in [7, 11) is 0. The molecule has 1 rings (SSSR count). The Kier molecular flexibility index (Phi) is 5.06. The van der Waals surface area contributed by atoms with Crippen molar-refractivity contribution >= 4 is 17.3 Å². The Hall–Kier alpha value is -1.31. The largest absolute Gasteiger partial charge is 1.00 e. The molecule has 0 saturated heterocycles. The number of phenols is 1. The van der Waals surface area contributed by atoms with E-state index in [1.165, 1.54) is 0 Å². The number of nitrogens with zero attached hydrogens (tertiary/aromatic N) is 2. The van der Waals surface area contributed by atoms with Crippen molar-refractivity contribution in [2.45, 2.75) is 0 Å². The van der Waals surface area contributed by atoms with Gasteiger partial charge in [0, 0.05) is 5.56 Å². The van der Waals surface area contributed by atoms with Crippen LogP contribution in [0, 0.1) is 9.81 Å². The van der Waals surface area contributed by atoms with Gasteiger partial charge in [0.2, 0.25) is 0 Å². The minimum atomic E-state index is -1.68. The normalized spacial score (nSPS) is 8.80. The third-order valence-electron chi connectivity index (χ3n) is 1.54. The van der Waals surface area contributed by atoms with Gasteiger partial charge in [-0.25, -0.2) is 0 Å². The molecule has 0 aliphatic carbocycles. The van der Waals surface area contributed by atoms with E-state index >= 15 is 0 Å². The quantitative estimate of drug-likeness (QED) is 0.446. The number of carboxylic acids is 1. The molecule has 0 aliphatic heterocycles. The molecule has 0 aromatic heterocycles. The molecule has 0 spiro atoms. The fraction of sp³-hybridized carbons (Fsp3) is 0. The molecule has 1 N–H and O–H groups in total. The number of aromatic carboxylic acids is 1.